The van der Waals surface area contributed by atoms with Crippen LogP contribution in [-0.2, 0) is 11.3 Å². The zero-order valence-corrected chi connectivity index (χ0v) is 9.81. The first-order chi connectivity index (χ1) is 8.20. The Morgan fingerprint density at radius 1 is 1.71 bits per heavy atom. The average Bonchev–Trinajstić information content (AvgIpc) is 3.19. The van der Waals surface area contributed by atoms with Crippen molar-refractivity contribution >= 4 is 5.91 Å². The van der Waals surface area contributed by atoms with Gasteiger partial charge in [-0.05, 0) is 36.5 Å². The fourth-order valence-electron chi connectivity index (χ4n) is 1.81. The van der Waals surface area contributed by atoms with E-state index in [9.17, 15) is 4.79 Å². The summed E-state index contributed by atoms with van der Waals surface area (Å²) in [4.78, 5) is 15.6. The lowest BCUT2D eigenvalue weighted by atomic mass is 10.1. The van der Waals surface area contributed by atoms with Gasteiger partial charge in [0.15, 0.2) is 0 Å². The van der Waals surface area contributed by atoms with Crippen molar-refractivity contribution in [2.75, 3.05) is 0 Å². The predicted octanol–water partition coefficient (Wildman–Crippen LogP) is 1.62. The molecule has 1 aromatic heterocycles. The van der Waals surface area contributed by atoms with Gasteiger partial charge in [-0.15, -0.1) is 0 Å². The molecule has 2 rings (SSSR count). The van der Waals surface area contributed by atoms with Crippen molar-refractivity contribution in [3.63, 3.8) is 0 Å². The first kappa shape index (κ1) is 11.6. The van der Waals surface area contributed by atoms with E-state index in [-0.39, 0.29) is 11.8 Å². The van der Waals surface area contributed by atoms with Crippen LogP contribution in [0.1, 0.15) is 31.0 Å². The summed E-state index contributed by atoms with van der Waals surface area (Å²) < 4.78 is 0. The van der Waals surface area contributed by atoms with Crippen LogP contribution in [0.2, 0.25) is 0 Å². The van der Waals surface area contributed by atoms with Crippen molar-refractivity contribution in [2.45, 2.75) is 26.3 Å². The molecule has 0 radical (unpaired) electrons. The van der Waals surface area contributed by atoms with Crippen LogP contribution in [0, 0.1) is 23.2 Å². The quantitative estimate of drug-likeness (QED) is 0.853. The van der Waals surface area contributed by atoms with Crippen molar-refractivity contribution in [1.82, 2.24) is 10.3 Å². The van der Waals surface area contributed by atoms with E-state index in [1.54, 1.807) is 12.3 Å². The molecule has 1 aliphatic carbocycles. The molecule has 0 bridgehead atoms. The lowest BCUT2D eigenvalue weighted by Gasteiger charge is -2.10. The van der Waals surface area contributed by atoms with Crippen molar-refractivity contribution in [2.24, 2.45) is 11.8 Å². The minimum atomic E-state index is 0.0998. The van der Waals surface area contributed by atoms with E-state index in [2.05, 4.69) is 10.3 Å². The Morgan fingerprint density at radius 2 is 2.47 bits per heavy atom. The van der Waals surface area contributed by atoms with E-state index in [1.165, 1.54) is 12.8 Å². The van der Waals surface area contributed by atoms with Gasteiger partial charge in [0, 0.05) is 18.7 Å². The van der Waals surface area contributed by atoms with Gasteiger partial charge in [-0.1, -0.05) is 6.92 Å². The van der Waals surface area contributed by atoms with E-state index in [1.807, 2.05) is 19.1 Å². The van der Waals surface area contributed by atoms with E-state index in [0.29, 0.717) is 18.2 Å². The molecule has 0 saturated heterocycles. The van der Waals surface area contributed by atoms with Crippen LogP contribution in [0.4, 0.5) is 0 Å². The van der Waals surface area contributed by atoms with Crippen molar-refractivity contribution in [1.29, 1.82) is 5.26 Å². The summed E-state index contributed by atoms with van der Waals surface area (Å²) in [6, 6.07) is 5.49. The molecule has 17 heavy (non-hydrogen) atoms. The number of rotatable bonds is 4. The minimum absolute atomic E-state index is 0.0998. The normalized spacial score (nSPS) is 16.0. The summed E-state index contributed by atoms with van der Waals surface area (Å²) in [7, 11) is 0. The fraction of sp³-hybridized carbons (Fsp3) is 0.462. The van der Waals surface area contributed by atoms with Crippen LogP contribution in [0.15, 0.2) is 18.3 Å². The first-order valence-electron chi connectivity index (χ1n) is 5.83. The number of carbonyl (C=O) groups is 1. The molecule has 1 unspecified atom stereocenters. The van der Waals surface area contributed by atoms with Crippen LogP contribution in [0.5, 0.6) is 0 Å². The standard InChI is InChI=1S/C13H15N3O/c1-9(11-2-3-11)13(17)16-8-10-4-5-15-12(6-10)7-14/h4-6,9,11H,2-3,8H2,1H3,(H,16,17). The monoisotopic (exact) mass is 229 g/mol. The zero-order chi connectivity index (χ0) is 12.3. The maximum atomic E-state index is 11.8. The summed E-state index contributed by atoms with van der Waals surface area (Å²) in [5.41, 5.74) is 1.29. The molecule has 1 heterocycles. The summed E-state index contributed by atoms with van der Waals surface area (Å²) >= 11 is 0. The van der Waals surface area contributed by atoms with Crippen LogP contribution < -0.4 is 5.32 Å². The Balaban J connectivity index is 1.88. The highest BCUT2D eigenvalue weighted by atomic mass is 16.1. The van der Waals surface area contributed by atoms with Gasteiger partial charge in [0.2, 0.25) is 5.91 Å². The Bertz CT molecular complexity index is 460. The lowest BCUT2D eigenvalue weighted by Crippen LogP contribution is -2.29. The van der Waals surface area contributed by atoms with Crippen molar-refractivity contribution in [3.05, 3.63) is 29.6 Å². The highest BCUT2D eigenvalue weighted by molar-refractivity contribution is 5.78. The third kappa shape index (κ3) is 3.04. The van der Waals surface area contributed by atoms with Crippen LogP contribution >= 0.6 is 0 Å². The van der Waals surface area contributed by atoms with Crippen LogP contribution in [-0.4, -0.2) is 10.9 Å². The molecule has 4 heteroatoms. The molecule has 0 aromatic carbocycles. The Labute approximate surface area is 101 Å². The predicted molar refractivity (Wildman–Crippen MR) is 62.7 cm³/mol. The number of hydrogen-bond acceptors (Lipinski definition) is 3. The summed E-state index contributed by atoms with van der Waals surface area (Å²) in [5, 5.41) is 11.6. The maximum absolute atomic E-state index is 11.8. The van der Waals surface area contributed by atoms with Gasteiger partial charge < -0.3 is 5.32 Å². The molecule has 4 nitrogen and oxygen atoms in total. The maximum Gasteiger partial charge on any atom is 0.223 e. The number of nitriles is 1. The van der Waals surface area contributed by atoms with Crippen molar-refractivity contribution < 1.29 is 4.79 Å². The minimum Gasteiger partial charge on any atom is -0.352 e. The summed E-state index contributed by atoms with van der Waals surface area (Å²) in [5.74, 6) is 0.775. The van der Waals surface area contributed by atoms with Crippen LogP contribution in [0.3, 0.4) is 0 Å². The summed E-state index contributed by atoms with van der Waals surface area (Å²) in [6.07, 6.45) is 3.93. The van der Waals surface area contributed by atoms with E-state index < -0.39 is 0 Å². The lowest BCUT2D eigenvalue weighted by molar-refractivity contribution is -0.125. The first-order valence-corrected chi connectivity index (χ1v) is 5.83. The molecule has 1 saturated carbocycles. The molecular weight excluding hydrogens is 214 g/mol. The Hall–Kier alpha value is -1.89. The molecule has 1 atom stereocenters. The van der Waals surface area contributed by atoms with Gasteiger partial charge in [0.05, 0.1) is 0 Å². The zero-order valence-electron chi connectivity index (χ0n) is 9.81. The van der Waals surface area contributed by atoms with Gasteiger partial charge in [0.25, 0.3) is 0 Å². The van der Waals surface area contributed by atoms with Gasteiger partial charge in [0.1, 0.15) is 11.8 Å². The highest BCUT2D eigenvalue weighted by Crippen LogP contribution is 2.36. The summed E-state index contributed by atoms with van der Waals surface area (Å²) in [6.45, 7) is 2.44. The third-order valence-corrected chi connectivity index (χ3v) is 3.15. The molecule has 1 fully saturated rings. The number of pyridine rings is 1. The van der Waals surface area contributed by atoms with Gasteiger partial charge in [-0.3, -0.25) is 4.79 Å². The number of amides is 1. The van der Waals surface area contributed by atoms with Gasteiger partial charge in [-0.2, -0.15) is 5.26 Å². The van der Waals surface area contributed by atoms with Crippen LogP contribution in [0.25, 0.3) is 0 Å². The van der Waals surface area contributed by atoms with E-state index >= 15 is 0 Å². The number of nitrogens with zero attached hydrogens (tertiary/aromatic N) is 2. The van der Waals surface area contributed by atoms with Gasteiger partial charge >= 0.3 is 0 Å². The smallest absolute Gasteiger partial charge is 0.223 e. The van der Waals surface area contributed by atoms with Crippen molar-refractivity contribution in [3.8, 4) is 6.07 Å². The van der Waals surface area contributed by atoms with E-state index in [0.717, 1.165) is 5.56 Å². The number of nitrogens with one attached hydrogen (secondary N) is 1. The molecule has 88 valence electrons. The largest absolute Gasteiger partial charge is 0.352 e. The topological polar surface area (TPSA) is 65.8 Å². The van der Waals surface area contributed by atoms with Gasteiger partial charge in [-0.25, -0.2) is 4.98 Å². The SMILES string of the molecule is CC(C(=O)NCc1ccnc(C#N)c1)C1CC1. The molecule has 1 aromatic rings. The number of carbonyl (C=O) groups excluding carboxylic acids is 1. The number of hydrogen-bond donors (Lipinski definition) is 1. The molecule has 0 aliphatic heterocycles. The molecule has 1 N–H and O–H groups in total. The number of aromatic nitrogens is 1. The molecule has 1 amide bonds. The fourth-order valence-corrected chi connectivity index (χ4v) is 1.81. The average molecular weight is 229 g/mol. The molecule has 0 spiro atoms. The Kier molecular flexibility index (Phi) is 3.38. The second-order valence-corrected chi connectivity index (χ2v) is 4.51. The molecular formula is C13H15N3O. The second kappa shape index (κ2) is 4.96. The second-order valence-electron chi connectivity index (χ2n) is 4.51. The Morgan fingerprint density at radius 3 is 3.12 bits per heavy atom. The molecule has 1 aliphatic rings. The third-order valence-electron chi connectivity index (χ3n) is 3.15. The van der Waals surface area contributed by atoms with E-state index in [4.69, 9.17) is 5.26 Å². The highest BCUT2D eigenvalue weighted by Gasteiger charge is 2.32.